The first kappa shape index (κ1) is 18.1. The molecule has 2 atom stereocenters. The Morgan fingerprint density at radius 2 is 1.91 bits per heavy atom. The molecular formula is C16H23FN2O3. The molecule has 2 unspecified atom stereocenters. The van der Waals surface area contributed by atoms with E-state index < -0.39 is 18.1 Å². The number of carbonyl (C=O) groups is 2. The van der Waals surface area contributed by atoms with Crippen molar-refractivity contribution in [3.05, 3.63) is 35.6 Å². The maximum Gasteiger partial charge on any atom is 0.308 e. The zero-order chi connectivity index (χ0) is 16.5. The quantitative estimate of drug-likeness (QED) is 0.720. The van der Waals surface area contributed by atoms with E-state index in [-0.39, 0.29) is 24.8 Å². The van der Waals surface area contributed by atoms with Crippen LogP contribution in [0, 0.1) is 5.82 Å². The predicted octanol–water partition coefficient (Wildman–Crippen LogP) is 2.06. The number of amides is 1. The summed E-state index contributed by atoms with van der Waals surface area (Å²) < 4.78 is 17.9. The minimum absolute atomic E-state index is 0.0238. The fraction of sp³-hybridized carbons (Fsp3) is 0.500. The lowest BCUT2D eigenvalue weighted by atomic mass is 10.0. The molecule has 0 aliphatic rings. The molecule has 3 N–H and O–H groups in total. The average molecular weight is 310 g/mol. The normalized spacial score (nSPS) is 13.3. The first-order valence-electron chi connectivity index (χ1n) is 7.45. The summed E-state index contributed by atoms with van der Waals surface area (Å²) >= 11 is 0. The van der Waals surface area contributed by atoms with Gasteiger partial charge in [0.1, 0.15) is 5.82 Å². The Morgan fingerprint density at radius 3 is 2.45 bits per heavy atom. The highest BCUT2D eigenvalue weighted by Gasteiger charge is 2.22. The van der Waals surface area contributed by atoms with Gasteiger partial charge < -0.3 is 15.8 Å². The minimum Gasteiger partial charge on any atom is -0.466 e. The third kappa shape index (κ3) is 5.81. The Kier molecular flexibility index (Phi) is 7.52. The Balaban J connectivity index is 2.84. The molecule has 122 valence electrons. The molecule has 1 rings (SSSR count). The van der Waals surface area contributed by atoms with Crippen LogP contribution in [-0.4, -0.2) is 24.5 Å². The van der Waals surface area contributed by atoms with Crippen LogP contribution >= 0.6 is 0 Å². The molecule has 22 heavy (non-hydrogen) atoms. The zero-order valence-corrected chi connectivity index (χ0v) is 13.0. The molecule has 0 spiro atoms. The lowest BCUT2D eigenvalue weighted by Gasteiger charge is -2.21. The van der Waals surface area contributed by atoms with Crippen molar-refractivity contribution in [3.63, 3.8) is 0 Å². The molecule has 0 fully saturated rings. The second kappa shape index (κ2) is 9.15. The molecule has 0 bridgehead atoms. The van der Waals surface area contributed by atoms with Gasteiger partial charge in [0.15, 0.2) is 0 Å². The van der Waals surface area contributed by atoms with Gasteiger partial charge in [-0.2, -0.15) is 0 Å². The topological polar surface area (TPSA) is 81.4 Å². The Bertz CT molecular complexity index is 491. The fourth-order valence-corrected chi connectivity index (χ4v) is 2.05. The fourth-order valence-electron chi connectivity index (χ4n) is 2.05. The van der Waals surface area contributed by atoms with Crippen molar-refractivity contribution in [1.29, 1.82) is 0 Å². The van der Waals surface area contributed by atoms with E-state index in [1.54, 1.807) is 6.92 Å². The van der Waals surface area contributed by atoms with Crippen molar-refractivity contribution in [2.24, 2.45) is 5.73 Å². The molecule has 1 aromatic rings. The van der Waals surface area contributed by atoms with Crippen LogP contribution in [0.15, 0.2) is 24.3 Å². The highest BCUT2D eigenvalue weighted by atomic mass is 19.1. The lowest BCUT2D eigenvalue weighted by Crippen LogP contribution is -2.42. The summed E-state index contributed by atoms with van der Waals surface area (Å²) in [6.07, 6.45) is 1.32. The van der Waals surface area contributed by atoms with Crippen LogP contribution in [-0.2, 0) is 14.3 Å². The number of rotatable bonds is 8. The van der Waals surface area contributed by atoms with E-state index in [4.69, 9.17) is 10.5 Å². The third-order valence-corrected chi connectivity index (χ3v) is 3.20. The van der Waals surface area contributed by atoms with Gasteiger partial charge in [0.25, 0.3) is 0 Å². The number of hydrogen-bond donors (Lipinski definition) is 2. The minimum atomic E-state index is -0.629. The second-order valence-corrected chi connectivity index (χ2v) is 5.02. The number of benzene rings is 1. The third-order valence-electron chi connectivity index (χ3n) is 3.20. The van der Waals surface area contributed by atoms with Gasteiger partial charge in [0.05, 0.1) is 25.1 Å². The largest absolute Gasteiger partial charge is 0.466 e. The molecule has 0 heterocycles. The molecule has 0 aliphatic carbocycles. The summed E-state index contributed by atoms with van der Waals surface area (Å²) in [4.78, 5) is 23.8. The first-order chi connectivity index (χ1) is 10.5. The summed E-state index contributed by atoms with van der Waals surface area (Å²) in [5.41, 5.74) is 6.41. The molecule has 0 aliphatic heterocycles. The predicted molar refractivity (Wildman–Crippen MR) is 81.4 cm³/mol. The number of esters is 1. The number of nitrogens with two attached hydrogens (primary N) is 1. The maximum atomic E-state index is 13.0. The van der Waals surface area contributed by atoms with Crippen molar-refractivity contribution >= 4 is 11.9 Å². The molecule has 5 nitrogen and oxygen atoms in total. The highest BCUT2D eigenvalue weighted by Crippen LogP contribution is 2.18. The molecule has 0 radical (unpaired) electrons. The van der Waals surface area contributed by atoms with E-state index in [0.717, 1.165) is 6.42 Å². The monoisotopic (exact) mass is 310 g/mol. The van der Waals surface area contributed by atoms with Crippen LogP contribution < -0.4 is 11.1 Å². The number of halogens is 1. The second-order valence-electron chi connectivity index (χ2n) is 5.02. The molecule has 1 aromatic carbocycles. The van der Waals surface area contributed by atoms with Crippen LogP contribution in [0.5, 0.6) is 0 Å². The lowest BCUT2D eigenvalue weighted by molar-refractivity contribution is -0.143. The van der Waals surface area contributed by atoms with E-state index in [1.807, 2.05) is 6.92 Å². The first-order valence-corrected chi connectivity index (χ1v) is 7.45. The van der Waals surface area contributed by atoms with Gasteiger partial charge in [-0.3, -0.25) is 9.59 Å². The summed E-state index contributed by atoms with van der Waals surface area (Å²) in [5, 5.41) is 2.74. The van der Waals surface area contributed by atoms with E-state index in [0.29, 0.717) is 12.0 Å². The van der Waals surface area contributed by atoms with Crippen LogP contribution in [0.25, 0.3) is 0 Å². The van der Waals surface area contributed by atoms with Crippen molar-refractivity contribution in [1.82, 2.24) is 5.32 Å². The van der Waals surface area contributed by atoms with Crippen molar-refractivity contribution in [3.8, 4) is 0 Å². The molecule has 0 saturated carbocycles. The van der Waals surface area contributed by atoms with Gasteiger partial charge in [-0.1, -0.05) is 25.5 Å². The van der Waals surface area contributed by atoms with Crippen molar-refractivity contribution in [2.45, 2.75) is 45.2 Å². The van der Waals surface area contributed by atoms with Crippen LogP contribution in [0.3, 0.4) is 0 Å². The van der Waals surface area contributed by atoms with Crippen molar-refractivity contribution in [2.75, 3.05) is 6.61 Å². The van der Waals surface area contributed by atoms with Gasteiger partial charge in [0.2, 0.25) is 5.91 Å². The van der Waals surface area contributed by atoms with E-state index in [1.165, 1.54) is 24.3 Å². The van der Waals surface area contributed by atoms with Crippen molar-refractivity contribution < 1.29 is 18.7 Å². The zero-order valence-electron chi connectivity index (χ0n) is 13.0. The van der Waals surface area contributed by atoms with Crippen LogP contribution in [0.1, 0.15) is 44.7 Å². The standard InChI is InChI=1S/C16H23FN2O3/c1-3-5-13(18)16(21)19-14(10-15(20)22-4-2)11-6-8-12(17)9-7-11/h6-9,13-14H,3-5,10,18H2,1-2H3,(H,19,21). The Labute approximate surface area is 130 Å². The van der Waals surface area contributed by atoms with Gasteiger partial charge >= 0.3 is 5.97 Å². The van der Waals surface area contributed by atoms with E-state index in [9.17, 15) is 14.0 Å². The van der Waals surface area contributed by atoms with Gasteiger partial charge in [-0.25, -0.2) is 4.39 Å². The molecule has 6 heteroatoms. The van der Waals surface area contributed by atoms with Crippen LogP contribution in [0.2, 0.25) is 0 Å². The van der Waals surface area contributed by atoms with E-state index in [2.05, 4.69) is 5.32 Å². The summed E-state index contributed by atoms with van der Waals surface area (Å²) in [6.45, 7) is 3.90. The van der Waals surface area contributed by atoms with Gasteiger partial charge in [0, 0.05) is 0 Å². The maximum absolute atomic E-state index is 13.0. The number of nitrogens with one attached hydrogen (secondary N) is 1. The average Bonchev–Trinajstić information content (AvgIpc) is 2.47. The molecule has 0 saturated heterocycles. The molecular weight excluding hydrogens is 287 g/mol. The summed E-state index contributed by atoms with van der Waals surface area (Å²) in [5.74, 6) is -1.14. The Hall–Kier alpha value is -1.95. The van der Waals surface area contributed by atoms with Gasteiger partial charge in [-0.05, 0) is 31.0 Å². The molecule has 1 amide bonds. The summed E-state index contributed by atoms with van der Waals surface area (Å²) in [6, 6.07) is 4.41. The van der Waals surface area contributed by atoms with Crippen LogP contribution in [0.4, 0.5) is 4.39 Å². The van der Waals surface area contributed by atoms with Gasteiger partial charge in [-0.15, -0.1) is 0 Å². The SMILES string of the molecule is CCCC(N)C(=O)NC(CC(=O)OCC)c1ccc(F)cc1. The molecule has 0 aromatic heterocycles. The summed E-state index contributed by atoms with van der Waals surface area (Å²) in [7, 11) is 0. The smallest absolute Gasteiger partial charge is 0.308 e. The number of ether oxygens (including phenoxy) is 1. The number of hydrogen-bond acceptors (Lipinski definition) is 4. The Morgan fingerprint density at radius 1 is 1.27 bits per heavy atom. The number of carbonyl (C=O) groups excluding carboxylic acids is 2. The van der Waals surface area contributed by atoms with E-state index >= 15 is 0 Å². The highest BCUT2D eigenvalue weighted by molar-refractivity contribution is 5.82.